The first-order valence-corrected chi connectivity index (χ1v) is 10.5. The van der Waals surface area contributed by atoms with Crippen LogP contribution in [0.5, 0.6) is 0 Å². The van der Waals surface area contributed by atoms with Gasteiger partial charge in [0.15, 0.2) is 0 Å². The molecule has 2 nitrogen and oxygen atoms in total. The number of rotatable bonds is 2. The Kier molecular flexibility index (Phi) is 4.69. The Balaban J connectivity index is 1.85. The van der Waals surface area contributed by atoms with E-state index in [4.69, 9.17) is 33.2 Å². The summed E-state index contributed by atoms with van der Waals surface area (Å²) in [5, 5.41) is 3.57. The van der Waals surface area contributed by atoms with Gasteiger partial charge in [0, 0.05) is 16.5 Å². The third-order valence-corrected chi connectivity index (χ3v) is 6.07. The topological polar surface area (TPSA) is 24.7 Å². The number of nitrogens with zero attached hydrogens (tertiary/aromatic N) is 2. The number of hydrogen-bond donors (Lipinski definition) is 0. The molecule has 0 saturated carbocycles. The van der Waals surface area contributed by atoms with E-state index in [0.717, 1.165) is 55.8 Å². The molecule has 4 aromatic rings. The Hall–Kier alpha value is -2.94. The van der Waals surface area contributed by atoms with Crippen LogP contribution in [0.25, 0.3) is 10.8 Å². The van der Waals surface area contributed by atoms with Gasteiger partial charge in [-0.1, -0.05) is 83.9 Å². The minimum absolute atomic E-state index is 0.624. The van der Waals surface area contributed by atoms with Crippen molar-refractivity contribution in [2.24, 2.45) is 9.98 Å². The van der Waals surface area contributed by atoms with Gasteiger partial charge < -0.3 is 0 Å². The average molecular weight is 429 g/mol. The predicted molar refractivity (Wildman–Crippen MR) is 129 cm³/mol. The first kappa shape index (κ1) is 19.0. The molecule has 4 heteroatoms. The Morgan fingerprint density at radius 1 is 0.567 bits per heavy atom. The van der Waals surface area contributed by atoms with Crippen molar-refractivity contribution in [2.45, 2.75) is 13.8 Å². The maximum Gasteiger partial charge on any atom is 0.0979 e. The van der Waals surface area contributed by atoms with E-state index in [1.165, 1.54) is 0 Å². The number of aliphatic imine (C=N–C) groups is 2. The normalized spacial score (nSPS) is 15.5. The van der Waals surface area contributed by atoms with Crippen molar-refractivity contribution in [3.8, 4) is 0 Å². The summed E-state index contributed by atoms with van der Waals surface area (Å²) in [7, 11) is 0. The zero-order valence-electron chi connectivity index (χ0n) is 16.6. The molecule has 5 rings (SSSR count). The van der Waals surface area contributed by atoms with Crippen LogP contribution in [0.15, 0.2) is 82.8 Å². The molecular weight excluding hydrogens is 411 g/mol. The highest BCUT2D eigenvalue weighted by atomic mass is 35.5. The van der Waals surface area contributed by atoms with E-state index in [1.807, 2.05) is 50.2 Å². The van der Waals surface area contributed by atoms with Crippen LogP contribution in [0, 0.1) is 13.8 Å². The summed E-state index contributed by atoms with van der Waals surface area (Å²) in [5.74, 6) is 0. The van der Waals surface area contributed by atoms with Crippen molar-refractivity contribution in [3.63, 3.8) is 0 Å². The smallest absolute Gasteiger partial charge is 0.0979 e. The highest BCUT2D eigenvalue weighted by molar-refractivity contribution is 6.61. The molecule has 1 aliphatic rings. The molecule has 1 aliphatic carbocycles. The molecule has 0 aromatic heterocycles. The summed E-state index contributed by atoms with van der Waals surface area (Å²) in [6.45, 7) is 4.03. The van der Waals surface area contributed by atoms with E-state index >= 15 is 0 Å². The fraction of sp³-hybridized carbons (Fsp3) is 0.0769. The second-order valence-corrected chi connectivity index (χ2v) is 8.26. The van der Waals surface area contributed by atoms with Gasteiger partial charge in [-0.15, -0.1) is 0 Å². The molecule has 146 valence electrons. The summed E-state index contributed by atoms with van der Waals surface area (Å²) in [5.41, 5.74) is 7.33. The molecule has 0 heterocycles. The van der Waals surface area contributed by atoms with Crippen molar-refractivity contribution in [2.75, 3.05) is 0 Å². The number of benzene rings is 4. The lowest BCUT2D eigenvalue weighted by Gasteiger charge is -2.09. The zero-order chi connectivity index (χ0) is 20.8. The van der Waals surface area contributed by atoms with Gasteiger partial charge in [-0.3, -0.25) is 0 Å². The Morgan fingerprint density at radius 2 is 1.00 bits per heavy atom. The van der Waals surface area contributed by atoms with Gasteiger partial charge in [0.05, 0.1) is 32.8 Å². The Morgan fingerprint density at radius 3 is 1.43 bits per heavy atom. The third kappa shape index (κ3) is 3.04. The van der Waals surface area contributed by atoms with Crippen LogP contribution < -0.4 is 0 Å². The predicted octanol–water partition coefficient (Wildman–Crippen LogP) is 8.02. The lowest BCUT2D eigenvalue weighted by molar-refractivity contribution is 1.39. The van der Waals surface area contributed by atoms with Crippen molar-refractivity contribution in [1.29, 1.82) is 0 Å². The van der Waals surface area contributed by atoms with E-state index in [-0.39, 0.29) is 0 Å². The number of aryl methyl sites for hydroxylation is 2. The first-order valence-electron chi connectivity index (χ1n) is 9.75. The van der Waals surface area contributed by atoms with E-state index in [2.05, 4.69) is 36.4 Å². The van der Waals surface area contributed by atoms with E-state index in [9.17, 15) is 0 Å². The molecule has 30 heavy (non-hydrogen) atoms. The SMILES string of the molecule is Cc1cccc(Cl)c1N=C1C(=Nc2c(C)cccc2Cl)c2cccc3cccc1c23. The van der Waals surface area contributed by atoms with Crippen molar-refractivity contribution >= 4 is 56.8 Å². The van der Waals surface area contributed by atoms with Crippen LogP contribution in [0.2, 0.25) is 10.0 Å². The maximum absolute atomic E-state index is 6.51. The summed E-state index contributed by atoms with van der Waals surface area (Å²) in [6.07, 6.45) is 0. The second-order valence-electron chi connectivity index (χ2n) is 7.44. The standard InChI is InChI=1S/C26H18Cl2N2/c1-15-7-3-13-20(27)23(15)29-25-18-11-5-9-17-10-6-12-19(22(17)18)26(25)30-24-16(2)8-4-14-21(24)28/h3-14H,1-2H3. The maximum atomic E-state index is 6.51. The molecular formula is C26H18Cl2N2. The molecule has 0 spiro atoms. The zero-order valence-corrected chi connectivity index (χ0v) is 18.1. The molecule has 0 bridgehead atoms. The highest BCUT2D eigenvalue weighted by Gasteiger charge is 2.28. The van der Waals surface area contributed by atoms with Crippen molar-refractivity contribution < 1.29 is 0 Å². The monoisotopic (exact) mass is 428 g/mol. The van der Waals surface area contributed by atoms with Crippen molar-refractivity contribution in [3.05, 3.63) is 105 Å². The van der Waals surface area contributed by atoms with Gasteiger partial charge in [-0.25, -0.2) is 9.98 Å². The van der Waals surface area contributed by atoms with E-state index in [0.29, 0.717) is 10.0 Å². The van der Waals surface area contributed by atoms with Gasteiger partial charge >= 0.3 is 0 Å². The number of halogens is 2. The van der Waals surface area contributed by atoms with Crippen LogP contribution in [-0.2, 0) is 0 Å². The Labute approximate surface area is 185 Å². The van der Waals surface area contributed by atoms with Crippen LogP contribution in [0.3, 0.4) is 0 Å². The summed E-state index contributed by atoms with van der Waals surface area (Å²) in [6, 6.07) is 24.2. The molecule has 0 atom stereocenters. The summed E-state index contributed by atoms with van der Waals surface area (Å²) in [4.78, 5) is 10.1. The third-order valence-electron chi connectivity index (χ3n) is 5.46. The fourth-order valence-corrected chi connectivity index (χ4v) is 4.50. The van der Waals surface area contributed by atoms with Gasteiger partial charge in [-0.05, 0) is 42.5 Å². The Bertz CT molecular complexity index is 1240. The van der Waals surface area contributed by atoms with Crippen LogP contribution >= 0.6 is 23.2 Å². The van der Waals surface area contributed by atoms with E-state index < -0.39 is 0 Å². The van der Waals surface area contributed by atoms with Crippen LogP contribution in [-0.4, -0.2) is 11.4 Å². The summed E-state index contributed by atoms with van der Waals surface area (Å²) < 4.78 is 0. The van der Waals surface area contributed by atoms with Crippen molar-refractivity contribution in [1.82, 2.24) is 0 Å². The summed E-state index contributed by atoms with van der Waals surface area (Å²) >= 11 is 13.0. The average Bonchev–Trinajstić information content (AvgIpc) is 3.02. The van der Waals surface area contributed by atoms with Gasteiger partial charge in [0.2, 0.25) is 0 Å². The molecule has 0 saturated heterocycles. The molecule has 0 unspecified atom stereocenters. The lowest BCUT2D eigenvalue weighted by atomic mass is 10.1. The molecule has 0 radical (unpaired) electrons. The van der Waals surface area contributed by atoms with Crippen LogP contribution in [0.1, 0.15) is 22.3 Å². The molecule has 0 fully saturated rings. The van der Waals surface area contributed by atoms with Crippen LogP contribution in [0.4, 0.5) is 11.4 Å². The fourth-order valence-electron chi connectivity index (χ4n) is 3.97. The van der Waals surface area contributed by atoms with Gasteiger partial charge in [0.1, 0.15) is 0 Å². The quantitative estimate of drug-likeness (QED) is 0.308. The largest absolute Gasteiger partial charge is 0.244 e. The molecule has 0 N–H and O–H groups in total. The van der Waals surface area contributed by atoms with E-state index in [1.54, 1.807) is 0 Å². The lowest BCUT2D eigenvalue weighted by Crippen LogP contribution is -2.10. The number of para-hydroxylation sites is 2. The highest BCUT2D eigenvalue weighted by Crippen LogP contribution is 2.38. The van der Waals surface area contributed by atoms with Gasteiger partial charge in [-0.2, -0.15) is 0 Å². The molecule has 0 amide bonds. The molecule has 0 aliphatic heterocycles. The second kappa shape index (κ2) is 7.39. The van der Waals surface area contributed by atoms with Gasteiger partial charge in [0.25, 0.3) is 0 Å². The number of hydrogen-bond acceptors (Lipinski definition) is 2. The minimum atomic E-state index is 0.624. The first-order chi connectivity index (χ1) is 14.5. The molecule has 4 aromatic carbocycles. The minimum Gasteiger partial charge on any atom is -0.244 e.